The predicted molar refractivity (Wildman–Crippen MR) is 102 cm³/mol. The van der Waals surface area contributed by atoms with Crippen LogP contribution in [0.15, 0.2) is 36.4 Å². The van der Waals surface area contributed by atoms with Crippen molar-refractivity contribution in [3.05, 3.63) is 47.8 Å². The second kappa shape index (κ2) is 9.12. The van der Waals surface area contributed by atoms with E-state index in [1.54, 1.807) is 25.1 Å². The third-order valence-electron chi connectivity index (χ3n) is 4.01. The molecule has 0 spiro atoms. The average molecular weight is 392 g/mol. The van der Waals surface area contributed by atoms with Crippen LogP contribution in [0.5, 0.6) is 5.88 Å². The number of benzene rings is 1. The van der Waals surface area contributed by atoms with Gasteiger partial charge in [-0.05, 0) is 12.5 Å². The van der Waals surface area contributed by atoms with E-state index >= 15 is 0 Å². The van der Waals surface area contributed by atoms with Crippen LogP contribution >= 0.6 is 0 Å². The number of rotatable bonds is 8. The molecule has 0 amide bonds. The van der Waals surface area contributed by atoms with Crippen LogP contribution in [0.1, 0.15) is 11.4 Å². The number of anilines is 1. The van der Waals surface area contributed by atoms with Gasteiger partial charge in [0.1, 0.15) is 18.2 Å². The van der Waals surface area contributed by atoms with Crippen LogP contribution in [-0.2, 0) is 20.5 Å². The fourth-order valence-electron chi connectivity index (χ4n) is 2.75. The Bertz CT molecular complexity index is 840. The quantitative estimate of drug-likeness (QED) is 0.673. The predicted octanol–water partition coefficient (Wildman–Crippen LogP) is 1.12. The lowest BCUT2D eigenvalue weighted by Gasteiger charge is -2.28. The lowest BCUT2D eigenvalue weighted by molar-refractivity contribution is 0.122. The zero-order valence-corrected chi connectivity index (χ0v) is 16.1. The van der Waals surface area contributed by atoms with Crippen molar-refractivity contribution in [2.24, 2.45) is 0 Å². The summed E-state index contributed by atoms with van der Waals surface area (Å²) in [7, 11) is -3.41. The van der Waals surface area contributed by atoms with E-state index in [9.17, 15) is 8.42 Å². The first-order chi connectivity index (χ1) is 13.0. The number of hydrogen-bond acceptors (Lipinski definition) is 7. The first-order valence-corrected chi connectivity index (χ1v) is 10.5. The Morgan fingerprint density at radius 1 is 1.19 bits per heavy atom. The molecule has 0 saturated carbocycles. The first-order valence-electron chi connectivity index (χ1n) is 8.84. The fraction of sp³-hybridized carbons (Fsp3) is 0.444. The summed E-state index contributed by atoms with van der Waals surface area (Å²) >= 11 is 0. The highest BCUT2D eigenvalue weighted by molar-refractivity contribution is 7.88. The van der Waals surface area contributed by atoms with Crippen LogP contribution in [0, 0.1) is 6.92 Å². The summed E-state index contributed by atoms with van der Waals surface area (Å²) in [6, 6.07) is 10.8. The van der Waals surface area contributed by atoms with Gasteiger partial charge in [0.2, 0.25) is 15.9 Å². The summed E-state index contributed by atoms with van der Waals surface area (Å²) < 4.78 is 37.8. The Morgan fingerprint density at radius 3 is 2.67 bits per heavy atom. The third kappa shape index (κ3) is 6.16. The summed E-state index contributed by atoms with van der Waals surface area (Å²) in [6.07, 6.45) is 0. The Morgan fingerprint density at radius 2 is 1.93 bits per heavy atom. The number of sulfonamides is 1. The molecular formula is C18H24N4O4S. The molecule has 1 aliphatic rings. The molecule has 1 fully saturated rings. The molecule has 3 rings (SSSR count). The molecule has 0 unspecified atom stereocenters. The highest BCUT2D eigenvalue weighted by Gasteiger charge is 2.15. The number of morpholine rings is 1. The van der Waals surface area contributed by atoms with Crippen LogP contribution in [-0.4, -0.2) is 57.8 Å². The maximum atomic E-state index is 12.1. The summed E-state index contributed by atoms with van der Waals surface area (Å²) in [5.74, 6) is 1.79. The van der Waals surface area contributed by atoms with Crippen molar-refractivity contribution in [3.8, 4) is 5.88 Å². The Balaban J connectivity index is 1.50. The van der Waals surface area contributed by atoms with Crippen molar-refractivity contribution in [2.45, 2.75) is 12.7 Å². The van der Waals surface area contributed by atoms with Gasteiger partial charge >= 0.3 is 0 Å². The molecule has 1 aromatic heterocycles. The average Bonchev–Trinajstić information content (AvgIpc) is 2.66. The molecule has 27 heavy (non-hydrogen) atoms. The molecule has 1 saturated heterocycles. The van der Waals surface area contributed by atoms with Gasteiger partial charge in [0.25, 0.3) is 0 Å². The topological polar surface area (TPSA) is 93.6 Å². The Labute approximate surface area is 159 Å². The molecule has 9 heteroatoms. The molecule has 1 N–H and O–H groups in total. The van der Waals surface area contributed by atoms with E-state index in [-0.39, 0.29) is 18.9 Å². The fourth-order valence-corrected chi connectivity index (χ4v) is 3.88. The van der Waals surface area contributed by atoms with Crippen molar-refractivity contribution < 1.29 is 17.9 Å². The summed E-state index contributed by atoms with van der Waals surface area (Å²) in [5, 5.41) is 0. The molecule has 1 aromatic carbocycles. The zero-order valence-electron chi connectivity index (χ0n) is 15.3. The standard InChI is InChI=1S/C18H24N4O4S/c1-15-20-17(22-8-11-25-12-9-22)13-18(21-15)26-10-7-19-27(23,24)14-16-5-3-2-4-6-16/h2-6,13,19H,7-12,14H2,1H3. The van der Waals surface area contributed by atoms with Gasteiger partial charge in [0.05, 0.1) is 19.0 Å². The first kappa shape index (κ1) is 19.5. The van der Waals surface area contributed by atoms with Gasteiger partial charge in [0, 0.05) is 25.7 Å². The van der Waals surface area contributed by atoms with Crippen LogP contribution in [0.3, 0.4) is 0 Å². The van der Waals surface area contributed by atoms with E-state index in [0.29, 0.717) is 24.9 Å². The largest absolute Gasteiger partial charge is 0.476 e. The van der Waals surface area contributed by atoms with Crippen molar-refractivity contribution in [3.63, 3.8) is 0 Å². The number of ether oxygens (including phenoxy) is 2. The van der Waals surface area contributed by atoms with Crippen molar-refractivity contribution in [1.82, 2.24) is 14.7 Å². The molecule has 1 aliphatic heterocycles. The summed E-state index contributed by atoms with van der Waals surface area (Å²) in [5.41, 5.74) is 0.743. The van der Waals surface area contributed by atoms with E-state index in [2.05, 4.69) is 19.6 Å². The van der Waals surface area contributed by atoms with E-state index in [0.717, 1.165) is 24.5 Å². The van der Waals surface area contributed by atoms with Crippen LogP contribution < -0.4 is 14.4 Å². The molecule has 146 valence electrons. The lowest BCUT2D eigenvalue weighted by Crippen LogP contribution is -2.37. The van der Waals surface area contributed by atoms with Crippen molar-refractivity contribution in [2.75, 3.05) is 44.4 Å². The third-order valence-corrected chi connectivity index (χ3v) is 5.37. The molecule has 0 aliphatic carbocycles. The number of aryl methyl sites for hydroxylation is 1. The number of hydrogen-bond donors (Lipinski definition) is 1. The zero-order chi connectivity index (χ0) is 19.1. The van der Waals surface area contributed by atoms with E-state index in [1.807, 2.05) is 18.2 Å². The SMILES string of the molecule is Cc1nc(OCCNS(=O)(=O)Cc2ccccc2)cc(N2CCOCC2)n1. The molecule has 0 bridgehead atoms. The van der Waals surface area contributed by atoms with E-state index in [1.165, 1.54) is 0 Å². The highest BCUT2D eigenvalue weighted by Crippen LogP contribution is 2.18. The molecule has 0 radical (unpaired) electrons. The van der Waals surface area contributed by atoms with Crippen LogP contribution in [0.2, 0.25) is 0 Å². The van der Waals surface area contributed by atoms with Gasteiger partial charge < -0.3 is 14.4 Å². The second-order valence-corrected chi connectivity index (χ2v) is 8.01. The molecule has 2 aromatic rings. The number of nitrogens with one attached hydrogen (secondary N) is 1. The summed E-state index contributed by atoms with van der Waals surface area (Å²) in [4.78, 5) is 10.8. The van der Waals surface area contributed by atoms with Crippen molar-refractivity contribution in [1.29, 1.82) is 0 Å². The molecular weight excluding hydrogens is 368 g/mol. The Kier molecular flexibility index (Phi) is 6.59. The number of aromatic nitrogens is 2. The highest BCUT2D eigenvalue weighted by atomic mass is 32.2. The minimum Gasteiger partial charge on any atom is -0.476 e. The normalized spacial score (nSPS) is 14.9. The minimum atomic E-state index is -3.41. The van der Waals surface area contributed by atoms with Gasteiger partial charge in [-0.2, -0.15) is 4.98 Å². The maximum Gasteiger partial charge on any atom is 0.218 e. The molecule has 2 heterocycles. The summed E-state index contributed by atoms with van der Waals surface area (Å²) in [6.45, 7) is 5.05. The lowest BCUT2D eigenvalue weighted by atomic mass is 10.2. The monoisotopic (exact) mass is 392 g/mol. The van der Waals surface area contributed by atoms with E-state index in [4.69, 9.17) is 9.47 Å². The van der Waals surface area contributed by atoms with Gasteiger partial charge in [-0.3, -0.25) is 0 Å². The van der Waals surface area contributed by atoms with Crippen molar-refractivity contribution >= 4 is 15.8 Å². The Hall–Kier alpha value is -2.23. The maximum absolute atomic E-state index is 12.1. The van der Waals surface area contributed by atoms with Gasteiger partial charge in [0.15, 0.2) is 0 Å². The smallest absolute Gasteiger partial charge is 0.218 e. The van der Waals surface area contributed by atoms with Gasteiger partial charge in [-0.25, -0.2) is 18.1 Å². The van der Waals surface area contributed by atoms with Crippen LogP contribution in [0.25, 0.3) is 0 Å². The number of nitrogens with zero attached hydrogens (tertiary/aromatic N) is 3. The molecule has 8 nitrogen and oxygen atoms in total. The minimum absolute atomic E-state index is 0.0539. The van der Waals surface area contributed by atoms with Crippen LogP contribution in [0.4, 0.5) is 5.82 Å². The second-order valence-electron chi connectivity index (χ2n) is 6.20. The van der Waals surface area contributed by atoms with Gasteiger partial charge in [-0.1, -0.05) is 30.3 Å². The molecule has 0 atom stereocenters. The van der Waals surface area contributed by atoms with E-state index < -0.39 is 10.0 Å². The van der Waals surface area contributed by atoms with Gasteiger partial charge in [-0.15, -0.1) is 0 Å².